The van der Waals surface area contributed by atoms with Gasteiger partial charge in [0.05, 0.1) is 0 Å². The molecule has 1 aromatic carbocycles. The molecular weight excluding hydrogens is 215 g/mol. The van der Waals surface area contributed by atoms with Crippen molar-refractivity contribution in [2.75, 3.05) is 13.1 Å². The van der Waals surface area contributed by atoms with Gasteiger partial charge in [-0.05, 0) is 37.6 Å². The average molecular weight is 236 g/mol. The summed E-state index contributed by atoms with van der Waals surface area (Å²) in [4.78, 5) is 2.35. The van der Waals surface area contributed by atoms with E-state index in [9.17, 15) is 4.39 Å². The van der Waals surface area contributed by atoms with Gasteiger partial charge in [0.2, 0.25) is 0 Å². The molecule has 0 spiro atoms. The lowest BCUT2D eigenvalue weighted by molar-refractivity contribution is 0.273. The number of nitrogens with two attached hydrogens (primary N) is 1. The van der Waals surface area contributed by atoms with E-state index >= 15 is 0 Å². The molecule has 0 radical (unpaired) electrons. The summed E-state index contributed by atoms with van der Waals surface area (Å²) in [5.41, 5.74) is 7.16. The summed E-state index contributed by atoms with van der Waals surface area (Å²) >= 11 is 0. The van der Waals surface area contributed by atoms with Crippen LogP contribution in [0.3, 0.4) is 0 Å². The highest BCUT2D eigenvalue weighted by Gasteiger charge is 2.11. The van der Waals surface area contributed by atoms with Gasteiger partial charge in [0, 0.05) is 18.7 Å². The van der Waals surface area contributed by atoms with Gasteiger partial charge >= 0.3 is 0 Å². The first-order valence-electron chi connectivity index (χ1n) is 6.49. The standard InChI is InChI=1S/C14H21FN2/c15-14-9-12(10-16)5-6-13(14)11-17-7-3-1-2-4-8-17/h5-6,9H,1-4,7-8,10-11,16H2. The van der Waals surface area contributed by atoms with Gasteiger partial charge < -0.3 is 5.73 Å². The molecule has 1 fully saturated rings. The van der Waals surface area contributed by atoms with Crippen molar-refractivity contribution in [3.05, 3.63) is 35.1 Å². The fourth-order valence-corrected chi connectivity index (χ4v) is 2.38. The zero-order chi connectivity index (χ0) is 12.1. The van der Waals surface area contributed by atoms with E-state index in [2.05, 4.69) is 4.90 Å². The monoisotopic (exact) mass is 236 g/mol. The van der Waals surface area contributed by atoms with E-state index in [0.717, 1.165) is 30.8 Å². The zero-order valence-electron chi connectivity index (χ0n) is 10.3. The highest BCUT2D eigenvalue weighted by molar-refractivity contribution is 5.24. The molecule has 0 amide bonds. The minimum Gasteiger partial charge on any atom is -0.326 e. The molecule has 1 aromatic rings. The van der Waals surface area contributed by atoms with Gasteiger partial charge in [-0.2, -0.15) is 0 Å². The molecule has 1 heterocycles. The van der Waals surface area contributed by atoms with Gasteiger partial charge in [0.15, 0.2) is 0 Å². The summed E-state index contributed by atoms with van der Waals surface area (Å²) in [5, 5.41) is 0. The molecule has 1 saturated heterocycles. The van der Waals surface area contributed by atoms with Crippen LogP contribution in [0.15, 0.2) is 18.2 Å². The van der Waals surface area contributed by atoms with E-state index < -0.39 is 0 Å². The van der Waals surface area contributed by atoms with Crippen LogP contribution in [0.1, 0.15) is 36.8 Å². The minimum atomic E-state index is -0.114. The van der Waals surface area contributed by atoms with Crippen LogP contribution in [0.4, 0.5) is 4.39 Å². The zero-order valence-corrected chi connectivity index (χ0v) is 10.3. The van der Waals surface area contributed by atoms with Crippen molar-refractivity contribution in [3.8, 4) is 0 Å². The number of halogens is 1. The molecule has 17 heavy (non-hydrogen) atoms. The van der Waals surface area contributed by atoms with E-state index in [4.69, 9.17) is 5.73 Å². The third kappa shape index (κ3) is 3.51. The second-order valence-electron chi connectivity index (χ2n) is 4.82. The van der Waals surface area contributed by atoms with Gasteiger partial charge in [-0.3, -0.25) is 4.90 Å². The van der Waals surface area contributed by atoms with Gasteiger partial charge in [-0.25, -0.2) is 4.39 Å². The molecule has 0 bridgehead atoms. The summed E-state index contributed by atoms with van der Waals surface area (Å²) in [6, 6.07) is 5.37. The first-order chi connectivity index (χ1) is 8.29. The van der Waals surface area contributed by atoms with Gasteiger partial charge in [-0.15, -0.1) is 0 Å². The molecule has 1 aliphatic rings. The van der Waals surface area contributed by atoms with E-state index in [1.54, 1.807) is 6.07 Å². The fraction of sp³-hybridized carbons (Fsp3) is 0.571. The van der Waals surface area contributed by atoms with Crippen LogP contribution < -0.4 is 5.73 Å². The Morgan fingerprint density at radius 2 is 1.82 bits per heavy atom. The molecule has 3 heteroatoms. The molecule has 0 aliphatic carbocycles. The SMILES string of the molecule is NCc1ccc(CN2CCCCCC2)c(F)c1. The maximum Gasteiger partial charge on any atom is 0.128 e. The maximum atomic E-state index is 13.8. The Balaban J connectivity index is 2.01. The van der Waals surface area contributed by atoms with E-state index in [1.165, 1.54) is 25.7 Å². The third-order valence-corrected chi connectivity index (χ3v) is 3.45. The molecule has 0 atom stereocenters. The lowest BCUT2D eigenvalue weighted by Gasteiger charge is -2.20. The van der Waals surface area contributed by atoms with Crippen molar-refractivity contribution >= 4 is 0 Å². The van der Waals surface area contributed by atoms with Crippen LogP contribution in [0.2, 0.25) is 0 Å². The van der Waals surface area contributed by atoms with Gasteiger partial charge in [0.1, 0.15) is 5.82 Å². The van der Waals surface area contributed by atoms with E-state index in [1.807, 2.05) is 12.1 Å². The van der Waals surface area contributed by atoms with Crippen LogP contribution >= 0.6 is 0 Å². The Bertz CT molecular complexity index is 357. The highest BCUT2D eigenvalue weighted by Crippen LogP contribution is 2.16. The number of likely N-dealkylation sites (tertiary alicyclic amines) is 1. The van der Waals surface area contributed by atoms with Crippen molar-refractivity contribution in [1.82, 2.24) is 4.90 Å². The van der Waals surface area contributed by atoms with Crippen molar-refractivity contribution < 1.29 is 4.39 Å². The summed E-state index contributed by atoms with van der Waals surface area (Å²) in [7, 11) is 0. The third-order valence-electron chi connectivity index (χ3n) is 3.45. The number of hydrogen-bond donors (Lipinski definition) is 1. The van der Waals surface area contributed by atoms with E-state index in [-0.39, 0.29) is 5.82 Å². The van der Waals surface area contributed by atoms with Crippen LogP contribution in [0.5, 0.6) is 0 Å². The van der Waals surface area contributed by atoms with Crippen LogP contribution in [0.25, 0.3) is 0 Å². The molecule has 0 aromatic heterocycles. The predicted molar refractivity (Wildman–Crippen MR) is 68.0 cm³/mol. The number of benzene rings is 1. The smallest absolute Gasteiger partial charge is 0.128 e. The fourth-order valence-electron chi connectivity index (χ4n) is 2.38. The Labute approximate surface area is 103 Å². The van der Waals surface area contributed by atoms with Crippen molar-refractivity contribution in [2.24, 2.45) is 5.73 Å². The van der Waals surface area contributed by atoms with Crippen molar-refractivity contribution in [2.45, 2.75) is 38.8 Å². The van der Waals surface area contributed by atoms with Gasteiger partial charge in [0.25, 0.3) is 0 Å². The average Bonchev–Trinajstić information content (AvgIpc) is 2.60. The Hall–Kier alpha value is -0.930. The Kier molecular flexibility index (Phi) is 4.51. The first kappa shape index (κ1) is 12.5. The maximum absolute atomic E-state index is 13.8. The summed E-state index contributed by atoms with van der Waals surface area (Å²) < 4.78 is 13.8. The predicted octanol–water partition coefficient (Wildman–Crippen LogP) is 2.66. The van der Waals surface area contributed by atoms with E-state index in [0.29, 0.717) is 6.54 Å². The lowest BCUT2D eigenvalue weighted by Crippen LogP contribution is -2.24. The molecule has 0 unspecified atom stereocenters. The van der Waals surface area contributed by atoms with Gasteiger partial charge in [-0.1, -0.05) is 25.0 Å². The van der Waals surface area contributed by atoms with Crippen LogP contribution in [-0.2, 0) is 13.1 Å². The molecule has 2 N–H and O–H groups in total. The number of hydrogen-bond acceptors (Lipinski definition) is 2. The molecule has 0 saturated carbocycles. The summed E-state index contributed by atoms with van der Waals surface area (Å²) in [6.07, 6.45) is 5.10. The molecule has 2 rings (SSSR count). The Morgan fingerprint density at radius 1 is 1.12 bits per heavy atom. The highest BCUT2D eigenvalue weighted by atomic mass is 19.1. The Morgan fingerprint density at radius 3 is 2.41 bits per heavy atom. The molecule has 2 nitrogen and oxygen atoms in total. The second kappa shape index (κ2) is 6.12. The first-order valence-corrected chi connectivity index (χ1v) is 6.49. The quantitative estimate of drug-likeness (QED) is 0.874. The van der Waals surface area contributed by atoms with Crippen molar-refractivity contribution in [3.63, 3.8) is 0 Å². The summed E-state index contributed by atoms with van der Waals surface area (Å²) in [6.45, 7) is 3.33. The van der Waals surface area contributed by atoms with Crippen LogP contribution in [-0.4, -0.2) is 18.0 Å². The largest absolute Gasteiger partial charge is 0.326 e. The number of nitrogens with zero attached hydrogens (tertiary/aromatic N) is 1. The lowest BCUT2D eigenvalue weighted by atomic mass is 10.1. The second-order valence-corrected chi connectivity index (χ2v) is 4.82. The number of rotatable bonds is 3. The molecular formula is C14H21FN2. The molecule has 1 aliphatic heterocycles. The minimum absolute atomic E-state index is 0.114. The summed E-state index contributed by atoms with van der Waals surface area (Å²) in [5.74, 6) is -0.114. The molecule has 94 valence electrons. The van der Waals surface area contributed by atoms with Crippen LogP contribution in [0, 0.1) is 5.82 Å². The topological polar surface area (TPSA) is 29.3 Å². The normalized spacial score (nSPS) is 18.0. The van der Waals surface area contributed by atoms with Crippen molar-refractivity contribution in [1.29, 1.82) is 0 Å².